The average molecular weight is 242 g/mol. The monoisotopic (exact) mass is 242 g/mol. The minimum atomic E-state index is 0.904. The topological polar surface area (TPSA) is 17.3 Å². The van der Waals surface area contributed by atoms with E-state index in [1.807, 2.05) is 6.07 Å². The maximum atomic E-state index is 4.76. The van der Waals surface area contributed by atoms with Gasteiger partial charge in [0.1, 0.15) is 0 Å². The van der Waals surface area contributed by atoms with Crippen molar-refractivity contribution in [2.45, 2.75) is 12.8 Å². The van der Waals surface area contributed by atoms with E-state index in [1.165, 1.54) is 16.7 Å². The van der Waals surface area contributed by atoms with Crippen molar-refractivity contribution in [2.24, 2.45) is 0 Å². The van der Waals surface area contributed by atoms with Crippen molar-refractivity contribution in [1.82, 2.24) is 9.38 Å². The fourth-order valence-electron chi connectivity index (χ4n) is 2.22. The lowest BCUT2D eigenvalue weighted by Crippen LogP contribution is -1.98. The summed E-state index contributed by atoms with van der Waals surface area (Å²) in [5.41, 5.74) is 4.61. The molecule has 0 fully saturated rings. The molecule has 0 aliphatic carbocycles. The van der Waals surface area contributed by atoms with Crippen LogP contribution in [0, 0.1) is 0 Å². The Hall–Kier alpha value is -1.48. The summed E-state index contributed by atoms with van der Waals surface area (Å²) in [5, 5.41) is 0. The molecule has 0 aliphatic rings. The first kappa shape index (κ1) is 10.7. The quantitative estimate of drug-likeness (QED) is 0.697. The van der Waals surface area contributed by atoms with Gasteiger partial charge in [-0.15, -0.1) is 0 Å². The Labute approximate surface area is 106 Å². The van der Waals surface area contributed by atoms with Gasteiger partial charge in [-0.2, -0.15) is 12.6 Å². The maximum Gasteiger partial charge on any atom is 0.0874 e. The molecule has 0 bridgehead atoms. The zero-order chi connectivity index (χ0) is 11.7. The zero-order valence-corrected chi connectivity index (χ0v) is 10.4. The first-order chi connectivity index (χ1) is 8.40. The van der Waals surface area contributed by atoms with E-state index in [0.717, 1.165) is 24.1 Å². The first-order valence-electron chi connectivity index (χ1n) is 5.86. The highest BCUT2D eigenvalue weighted by Gasteiger charge is 2.06. The molecule has 0 unspecified atom stereocenters. The molecule has 17 heavy (non-hydrogen) atoms. The molecule has 0 radical (unpaired) electrons. The van der Waals surface area contributed by atoms with Crippen molar-refractivity contribution >= 4 is 29.2 Å². The molecule has 0 saturated heterocycles. The Morgan fingerprint density at radius 2 is 1.88 bits per heavy atom. The smallest absolute Gasteiger partial charge is 0.0874 e. The SMILES string of the molecule is SCCCc1nc2ccccc2n2cccc12. The van der Waals surface area contributed by atoms with E-state index in [4.69, 9.17) is 4.98 Å². The summed E-state index contributed by atoms with van der Waals surface area (Å²) in [6.45, 7) is 0. The van der Waals surface area contributed by atoms with E-state index in [9.17, 15) is 0 Å². The van der Waals surface area contributed by atoms with Gasteiger partial charge in [0.05, 0.1) is 22.2 Å². The number of rotatable bonds is 3. The fourth-order valence-corrected chi connectivity index (χ4v) is 2.38. The average Bonchev–Trinajstić information content (AvgIpc) is 2.85. The maximum absolute atomic E-state index is 4.76. The van der Waals surface area contributed by atoms with Crippen LogP contribution >= 0.6 is 12.6 Å². The Morgan fingerprint density at radius 3 is 2.76 bits per heavy atom. The van der Waals surface area contributed by atoms with Gasteiger partial charge in [0, 0.05) is 6.20 Å². The summed E-state index contributed by atoms with van der Waals surface area (Å²) in [4.78, 5) is 4.76. The molecule has 86 valence electrons. The molecule has 0 aliphatic heterocycles. The minimum absolute atomic E-state index is 0.904. The number of para-hydroxylation sites is 2. The van der Waals surface area contributed by atoms with Gasteiger partial charge >= 0.3 is 0 Å². The molecule has 2 aromatic heterocycles. The molecule has 3 heteroatoms. The van der Waals surface area contributed by atoms with Crippen LogP contribution in [0.25, 0.3) is 16.6 Å². The minimum Gasteiger partial charge on any atom is -0.313 e. The van der Waals surface area contributed by atoms with Gasteiger partial charge in [-0.05, 0) is 42.9 Å². The highest BCUT2D eigenvalue weighted by atomic mass is 32.1. The number of hydrogen-bond donors (Lipinski definition) is 1. The van der Waals surface area contributed by atoms with Crippen LogP contribution < -0.4 is 0 Å². The fraction of sp³-hybridized carbons (Fsp3) is 0.214. The van der Waals surface area contributed by atoms with Crippen molar-refractivity contribution in [3.8, 4) is 0 Å². The van der Waals surface area contributed by atoms with Crippen molar-refractivity contribution in [3.05, 3.63) is 48.3 Å². The van der Waals surface area contributed by atoms with Crippen molar-refractivity contribution < 1.29 is 0 Å². The van der Waals surface area contributed by atoms with Crippen molar-refractivity contribution in [2.75, 3.05) is 5.75 Å². The molecular formula is C14H14N2S. The predicted molar refractivity (Wildman–Crippen MR) is 74.9 cm³/mol. The number of aromatic nitrogens is 2. The number of nitrogens with zero attached hydrogens (tertiary/aromatic N) is 2. The number of hydrogen-bond acceptors (Lipinski definition) is 2. The van der Waals surface area contributed by atoms with E-state index >= 15 is 0 Å². The van der Waals surface area contributed by atoms with Crippen LogP contribution in [-0.2, 0) is 6.42 Å². The van der Waals surface area contributed by atoms with Gasteiger partial charge in [0.2, 0.25) is 0 Å². The number of benzene rings is 1. The summed E-state index contributed by atoms with van der Waals surface area (Å²) in [5.74, 6) is 0.904. The molecule has 2 nitrogen and oxygen atoms in total. The molecule has 0 spiro atoms. The van der Waals surface area contributed by atoms with Crippen LogP contribution in [-0.4, -0.2) is 15.1 Å². The molecule has 0 atom stereocenters. The van der Waals surface area contributed by atoms with Gasteiger partial charge < -0.3 is 4.40 Å². The standard InChI is InChI=1S/C14H14N2S/c17-10-4-6-12-14-8-3-9-16(14)13-7-2-1-5-11(13)15-12/h1-3,5,7-9,17H,4,6,10H2. The van der Waals surface area contributed by atoms with E-state index < -0.39 is 0 Å². The lowest BCUT2D eigenvalue weighted by atomic mass is 10.2. The van der Waals surface area contributed by atoms with Crippen LogP contribution in [0.5, 0.6) is 0 Å². The first-order valence-corrected chi connectivity index (χ1v) is 6.49. The van der Waals surface area contributed by atoms with Crippen molar-refractivity contribution in [1.29, 1.82) is 0 Å². The largest absolute Gasteiger partial charge is 0.313 e. The van der Waals surface area contributed by atoms with E-state index in [1.54, 1.807) is 0 Å². The van der Waals surface area contributed by atoms with Gasteiger partial charge in [0.15, 0.2) is 0 Å². The summed E-state index contributed by atoms with van der Waals surface area (Å²) < 4.78 is 2.22. The second-order valence-corrected chi connectivity index (χ2v) is 4.59. The second-order valence-electron chi connectivity index (χ2n) is 4.14. The molecule has 1 aromatic carbocycles. The van der Waals surface area contributed by atoms with Gasteiger partial charge in [0.25, 0.3) is 0 Å². The molecule has 3 aromatic rings. The number of aryl methyl sites for hydroxylation is 1. The van der Waals surface area contributed by atoms with Crippen molar-refractivity contribution in [3.63, 3.8) is 0 Å². The number of fused-ring (bicyclic) bond motifs is 3. The van der Waals surface area contributed by atoms with Crippen LogP contribution in [0.3, 0.4) is 0 Å². The molecular weight excluding hydrogens is 228 g/mol. The van der Waals surface area contributed by atoms with Gasteiger partial charge in [-0.1, -0.05) is 12.1 Å². The van der Waals surface area contributed by atoms with Gasteiger partial charge in [-0.25, -0.2) is 4.98 Å². The van der Waals surface area contributed by atoms with Crippen LogP contribution in [0.2, 0.25) is 0 Å². The second kappa shape index (κ2) is 4.41. The third kappa shape index (κ3) is 1.80. The highest BCUT2D eigenvalue weighted by Crippen LogP contribution is 2.19. The van der Waals surface area contributed by atoms with Crippen LogP contribution in [0.15, 0.2) is 42.6 Å². The predicted octanol–water partition coefficient (Wildman–Crippen LogP) is 3.35. The molecule has 2 heterocycles. The van der Waals surface area contributed by atoms with Crippen LogP contribution in [0.1, 0.15) is 12.1 Å². The van der Waals surface area contributed by atoms with E-state index in [-0.39, 0.29) is 0 Å². The third-order valence-electron chi connectivity index (χ3n) is 3.01. The third-order valence-corrected chi connectivity index (χ3v) is 3.33. The zero-order valence-electron chi connectivity index (χ0n) is 9.50. The lowest BCUT2D eigenvalue weighted by Gasteiger charge is -2.07. The highest BCUT2D eigenvalue weighted by molar-refractivity contribution is 7.80. The molecule has 0 saturated carbocycles. The lowest BCUT2D eigenvalue weighted by molar-refractivity contribution is 0.902. The van der Waals surface area contributed by atoms with E-state index in [0.29, 0.717) is 0 Å². The van der Waals surface area contributed by atoms with E-state index in [2.05, 4.69) is 53.6 Å². The number of thiol groups is 1. The normalized spacial score (nSPS) is 11.4. The van der Waals surface area contributed by atoms with Gasteiger partial charge in [-0.3, -0.25) is 0 Å². The Balaban J connectivity index is 2.28. The summed E-state index contributed by atoms with van der Waals surface area (Å²) in [6.07, 6.45) is 4.15. The Morgan fingerprint density at radius 1 is 1.06 bits per heavy atom. The Kier molecular flexibility index (Phi) is 2.77. The molecule has 0 amide bonds. The molecule has 0 N–H and O–H groups in total. The van der Waals surface area contributed by atoms with Crippen LogP contribution in [0.4, 0.5) is 0 Å². The summed E-state index contributed by atoms with van der Waals surface area (Å²) in [7, 11) is 0. The summed E-state index contributed by atoms with van der Waals surface area (Å²) >= 11 is 4.27. The summed E-state index contributed by atoms with van der Waals surface area (Å²) in [6, 6.07) is 12.5. The Bertz CT molecular complexity index is 657. The molecule has 3 rings (SSSR count).